The third-order valence-electron chi connectivity index (χ3n) is 3.66. The lowest BCUT2D eigenvalue weighted by atomic mass is 10.1. The van der Waals surface area contributed by atoms with Crippen LogP contribution in [0, 0.1) is 25.5 Å². The number of aryl methyl sites for hydroxylation is 2. The molecule has 0 bridgehead atoms. The number of nitrogens with zero attached hydrogens (tertiary/aromatic N) is 2. The fraction of sp³-hybridized carbons (Fsp3) is 0.111. The summed E-state index contributed by atoms with van der Waals surface area (Å²) in [5.74, 6) is -1.38. The Kier molecular flexibility index (Phi) is 4.12. The Balaban J connectivity index is 1.89. The summed E-state index contributed by atoms with van der Waals surface area (Å²) < 4.78 is 28.3. The highest BCUT2D eigenvalue weighted by Gasteiger charge is 2.14. The molecule has 0 aliphatic carbocycles. The first-order valence-corrected chi connectivity index (χ1v) is 7.35. The molecule has 0 fully saturated rings. The van der Waals surface area contributed by atoms with Gasteiger partial charge in [0.2, 0.25) is 0 Å². The van der Waals surface area contributed by atoms with E-state index in [0.717, 1.165) is 17.7 Å². The number of hydrogen-bond donors (Lipinski definition) is 1. The van der Waals surface area contributed by atoms with Crippen molar-refractivity contribution in [3.05, 3.63) is 77.0 Å². The summed E-state index contributed by atoms with van der Waals surface area (Å²) in [6.45, 7) is 3.56. The van der Waals surface area contributed by atoms with Crippen LogP contribution in [-0.4, -0.2) is 15.7 Å². The summed E-state index contributed by atoms with van der Waals surface area (Å²) in [6, 6.07) is 12.1. The van der Waals surface area contributed by atoms with Crippen molar-refractivity contribution < 1.29 is 13.6 Å². The van der Waals surface area contributed by atoms with Crippen LogP contribution in [0.3, 0.4) is 0 Å². The molecule has 24 heavy (non-hydrogen) atoms. The number of rotatable bonds is 3. The van der Waals surface area contributed by atoms with Gasteiger partial charge in [-0.25, -0.2) is 13.5 Å². The standard InChI is InChI=1S/C18H15F2N3O/c1-11-5-3-4-6-14(11)18(24)21-17-9-12(2)23(22-17)16-8-7-13(19)10-15(16)20/h3-10H,1-2H3,(H,21,22,24). The topological polar surface area (TPSA) is 46.9 Å². The van der Waals surface area contributed by atoms with Crippen LogP contribution in [0.15, 0.2) is 48.5 Å². The van der Waals surface area contributed by atoms with E-state index >= 15 is 0 Å². The van der Waals surface area contributed by atoms with Crippen LogP contribution in [0.25, 0.3) is 5.69 Å². The van der Waals surface area contributed by atoms with Crippen molar-refractivity contribution in [2.45, 2.75) is 13.8 Å². The smallest absolute Gasteiger partial charge is 0.257 e. The minimum atomic E-state index is -0.724. The molecule has 0 aliphatic heterocycles. The lowest BCUT2D eigenvalue weighted by Gasteiger charge is -2.06. The second kappa shape index (κ2) is 6.23. The Morgan fingerprint density at radius 3 is 2.54 bits per heavy atom. The van der Waals surface area contributed by atoms with Crippen molar-refractivity contribution in [2.75, 3.05) is 5.32 Å². The van der Waals surface area contributed by atoms with Crippen LogP contribution in [0.1, 0.15) is 21.6 Å². The molecule has 0 atom stereocenters. The summed E-state index contributed by atoms with van der Waals surface area (Å²) >= 11 is 0. The number of carbonyl (C=O) groups excluding carboxylic acids is 1. The third kappa shape index (κ3) is 3.03. The number of nitrogens with one attached hydrogen (secondary N) is 1. The lowest BCUT2D eigenvalue weighted by Crippen LogP contribution is -2.14. The van der Waals surface area contributed by atoms with Crippen molar-refractivity contribution in [1.82, 2.24) is 9.78 Å². The van der Waals surface area contributed by atoms with Crippen molar-refractivity contribution in [2.24, 2.45) is 0 Å². The van der Waals surface area contributed by atoms with E-state index in [9.17, 15) is 13.6 Å². The maximum Gasteiger partial charge on any atom is 0.257 e. The zero-order chi connectivity index (χ0) is 17.3. The van der Waals surface area contributed by atoms with Gasteiger partial charge in [0.05, 0.1) is 0 Å². The molecule has 2 aromatic carbocycles. The molecule has 1 N–H and O–H groups in total. The first kappa shape index (κ1) is 15.9. The largest absolute Gasteiger partial charge is 0.305 e. The lowest BCUT2D eigenvalue weighted by molar-refractivity contribution is 0.102. The van der Waals surface area contributed by atoms with Crippen molar-refractivity contribution in [3.63, 3.8) is 0 Å². The van der Waals surface area contributed by atoms with Gasteiger partial charge in [-0.1, -0.05) is 18.2 Å². The Bertz CT molecular complexity index is 918. The summed E-state index contributed by atoms with van der Waals surface area (Å²) in [4.78, 5) is 12.3. The van der Waals surface area contributed by atoms with Crippen LogP contribution >= 0.6 is 0 Å². The molecule has 3 aromatic rings. The zero-order valence-corrected chi connectivity index (χ0v) is 13.2. The number of carbonyl (C=O) groups is 1. The molecule has 0 saturated carbocycles. The highest BCUT2D eigenvalue weighted by molar-refractivity contribution is 6.04. The van der Waals surface area contributed by atoms with Gasteiger partial charge in [-0.2, -0.15) is 0 Å². The van der Waals surface area contributed by atoms with E-state index in [1.165, 1.54) is 10.7 Å². The summed E-state index contributed by atoms with van der Waals surface area (Å²) in [6.07, 6.45) is 0. The van der Waals surface area contributed by atoms with E-state index in [4.69, 9.17) is 0 Å². The molecule has 4 nitrogen and oxygen atoms in total. The summed E-state index contributed by atoms with van der Waals surface area (Å²) in [5.41, 5.74) is 2.11. The Hall–Kier alpha value is -3.02. The van der Waals surface area contributed by atoms with Crippen LogP contribution in [0.5, 0.6) is 0 Å². The molecule has 0 radical (unpaired) electrons. The number of anilines is 1. The number of amides is 1. The third-order valence-corrected chi connectivity index (χ3v) is 3.66. The van der Waals surface area contributed by atoms with E-state index < -0.39 is 11.6 Å². The second-order valence-electron chi connectivity index (χ2n) is 5.45. The van der Waals surface area contributed by atoms with Crippen LogP contribution < -0.4 is 5.32 Å². The van der Waals surface area contributed by atoms with Gasteiger partial charge in [-0.3, -0.25) is 4.79 Å². The fourth-order valence-electron chi connectivity index (χ4n) is 2.44. The average Bonchev–Trinajstić information content (AvgIpc) is 2.88. The molecule has 6 heteroatoms. The van der Waals surface area contributed by atoms with Crippen LogP contribution in [0.2, 0.25) is 0 Å². The van der Waals surface area contributed by atoms with Gasteiger partial charge in [-0.15, -0.1) is 5.10 Å². The molecule has 0 saturated heterocycles. The van der Waals surface area contributed by atoms with E-state index in [-0.39, 0.29) is 11.6 Å². The average molecular weight is 327 g/mol. The van der Waals surface area contributed by atoms with Gasteiger partial charge < -0.3 is 5.32 Å². The molecule has 0 unspecified atom stereocenters. The highest BCUT2D eigenvalue weighted by Crippen LogP contribution is 2.19. The van der Waals surface area contributed by atoms with Gasteiger partial charge in [0.25, 0.3) is 5.91 Å². The van der Waals surface area contributed by atoms with Gasteiger partial charge in [0.1, 0.15) is 11.5 Å². The van der Waals surface area contributed by atoms with Crippen molar-refractivity contribution in [3.8, 4) is 5.69 Å². The van der Waals surface area contributed by atoms with Crippen molar-refractivity contribution in [1.29, 1.82) is 0 Å². The van der Waals surface area contributed by atoms with Gasteiger partial charge in [0.15, 0.2) is 11.6 Å². The first-order chi connectivity index (χ1) is 11.5. The monoisotopic (exact) mass is 327 g/mol. The fourth-order valence-corrected chi connectivity index (χ4v) is 2.44. The zero-order valence-electron chi connectivity index (χ0n) is 13.2. The molecular formula is C18H15F2N3O. The van der Waals surface area contributed by atoms with E-state index in [1.807, 2.05) is 19.1 Å². The second-order valence-corrected chi connectivity index (χ2v) is 5.45. The predicted octanol–water partition coefficient (Wildman–Crippen LogP) is 4.02. The van der Waals surface area contributed by atoms with Crippen molar-refractivity contribution >= 4 is 11.7 Å². The molecule has 0 aliphatic rings. The minimum absolute atomic E-state index is 0.116. The van der Waals surface area contributed by atoms with E-state index in [2.05, 4.69) is 10.4 Å². The van der Waals surface area contributed by atoms with Gasteiger partial charge >= 0.3 is 0 Å². The first-order valence-electron chi connectivity index (χ1n) is 7.35. The van der Waals surface area contributed by atoms with Gasteiger partial charge in [-0.05, 0) is 37.6 Å². The molecule has 3 rings (SSSR count). The van der Waals surface area contributed by atoms with E-state index in [1.54, 1.807) is 25.1 Å². The van der Waals surface area contributed by atoms with E-state index in [0.29, 0.717) is 17.1 Å². The molecule has 1 amide bonds. The molecule has 1 aromatic heterocycles. The number of hydrogen-bond acceptors (Lipinski definition) is 2. The van der Waals surface area contributed by atoms with Crippen LogP contribution in [-0.2, 0) is 0 Å². The Morgan fingerprint density at radius 1 is 1.08 bits per heavy atom. The Morgan fingerprint density at radius 2 is 1.83 bits per heavy atom. The quantitative estimate of drug-likeness (QED) is 0.790. The molecule has 0 spiro atoms. The Labute approximate surface area is 137 Å². The summed E-state index contributed by atoms with van der Waals surface area (Å²) in [7, 11) is 0. The SMILES string of the molecule is Cc1ccccc1C(=O)Nc1cc(C)n(-c2ccc(F)cc2F)n1. The normalized spacial score (nSPS) is 10.7. The molecular weight excluding hydrogens is 312 g/mol. The number of aromatic nitrogens is 2. The number of benzene rings is 2. The highest BCUT2D eigenvalue weighted by atomic mass is 19.1. The maximum absolute atomic E-state index is 13.9. The predicted molar refractivity (Wildman–Crippen MR) is 87.3 cm³/mol. The van der Waals surface area contributed by atoms with Gasteiger partial charge in [0, 0.05) is 23.4 Å². The maximum atomic E-state index is 13.9. The molecule has 1 heterocycles. The minimum Gasteiger partial charge on any atom is -0.305 e. The van der Waals surface area contributed by atoms with Crippen LogP contribution in [0.4, 0.5) is 14.6 Å². The number of halogens is 2. The molecule has 122 valence electrons. The summed E-state index contributed by atoms with van der Waals surface area (Å²) in [5, 5.41) is 6.88.